The SMILES string of the molecule is CN(CC[C@H]1CN(C)CCN1C)Cc1ccccc1. The number of hydrogen-bond acceptors (Lipinski definition) is 3. The highest BCUT2D eigenvalue weighted by Gasteiger charge is 2.21. The van der Waals surface area contributed by atoms with Crippen molar-refractivity contribution in [1.82, 2.24) is 14.7 Å². The van der Waals surface area contributed by atoms with Gasteiger partial charge in [0.1, 0.15) is 0 Å². The number of piperazine rings is 1. The van der Waals surface area contributed by atoms with Crippen molar-refractivity contribution in [1.29, 1.82) is 0 Å². The predicted molar refractivity (Wildman–Crippen MR) is 81.3 cm³/mol. The lowest BCUT2D eigenvalue weighted by molar-refractivity contribution is 0.101. The van der Waals surface area contributed by atoms with Crippen LogP contribution in [0.15, 0.2) is 30.3 Å². The van der Waals surface area contributed by atoms with Crippen LogP contribution in [0.2, 0.25) is 0 Å². The Morgan fingerprint density at radius 3 is 2.63 bits per heavy atom. The maximum Gasteiger partial charge on any atom is 0.0232 e. The van der Waals surface area contributed by atoms with Gasteiger partial charge in [0, 0.05) is 32.2 Å². The fraction of sp³-hybridized carbons (Fsp3) is 0.625. The van der Waals surface area contributed by atoms with Crippen LogP contribution in [0.1, 0.15) is 12.0 Å². The first-order chi connectivity index (χ1) is 9.15. The van der Waals surface area contributed by atoms with Gasteiger partial charge in [0.15, 0.2) is 0 Å². The Morgan fingerprint density at radius 2 is 1.89 bits per heavy atom. The molecule has 0 aliphatic carbocycles. The van der Waals surface area contributed by atoms with Gasteiger partial charge in [-0.3, -0.25) is 0 Å². The second kappa shape index (κ2) is 7.04. The Morgan fingerprint density at radius 1 is 1.16 bits per heavy atom. The lowest BCUT2D eigenvalue weighted by Gasteiger charge is -2.38. The molecule has 1 aromatic rings. The third kappa shape index (κ3) is 4.60. The van der Waals surface area contributed by atoms with E-state index in [4.69, 9.17) is 0 Å². The molecule has 0 amide bonds. The summed E-state index contributed by atoms with van der Waals surface area (Å²) in [7, 11) is 6.71. The molecule has 0 unspecified atom stereocenters. The van der Waals surface area contributed by atoms with Crippen molar-refractivity contribution in [2.45, 2.75) is 19.0 Å². The quantitative estimate of drug-likeness (QED) is 0.799. The van der Waals surface area contributed by atoms with E-state index in [9.17, 15) is 0 Å². The first kappa shape index (κ1) is 14.5. The van der Waals surface area contributed by atoms with E-state index in [0.717, 1.165) is 13.1 Å². The third-order valence-corrected chi connectivity index (χ3v) is 4.12. The average Bonchev–Trinajstić information content (AvgIpc) is 2.41. The van der Waals surface area contributed by atoms with Crippen LogP contribution in [0, 0.1) is 0 Å². The van der Waals surface area contributed by atoms with E-state index in [2.05, 4.69) is 66.2 Å². The minimum atomic E-state index is 0.706. The lowest BCUT2D eigenvalue weighted by atomic mass is 10.1. The molecule has 3 heteroatoms. The molecule has 1 aliphatic heterocycles. The molecule has 1 aliphatic rings. The highest BCUT2D eigenvalue weighted by molar-refractivity contribution is 5.14. The van der Waals surface area contributed by atoms with Gasteiger partial charge in [-0.15, -0.1) is 0 Å². The summed E-state index contributed by atoms with van der Waals surface area (Å²) in [5, 5.41) is 0. The van der Waals surface area contributed by atoms with Crippen LogP contribution in [0.25, 0.3) is 0 Å². The molecule has 0 spiro atoms. The zero-order valence-electron chi connectivity index (χ0n) is 12.5. The summed E-state index contributed by atoms with van der Waals surface area (Å²) >= 11 is 0. The summed E-state index contributed by atoms with van der Waals surface area (Å²) in [6, 6.07) is 11.4. The zero-order chi connectivity index (χ0) is 13.7. The van der Waals surface area contributed by atoms with Crippen molar-refractivity contribution in [2.24, 2.45) is 0 Å². The van der Waals surface area contributed by atoms with Crippen LogP contribution in [-0.4, -0.2) is 68.1 Å². The van der Waals surface area contributed by atoms with Crippen LogP contribution in [0.4, 0.5) is 0 Å². The van der Waals surface area contributed by atoms with Gasteiger partial charge in [-0.2, -0.15) is 0 Å². The Kier molecular flexibility index (Phi) is 5.37. The molecule has 0 bridgehead atoms. The molecule has 0 N–H and O–H groups in total. The summed E-state index contributed by atoms with van der Waals surface area (Å²) < 4.78 is 0. The minimum Gasteiger partial charge on any atom is -0.304 e. The van der Waals surface area contributed by atoms with Gasteiger partial charge in [-0.25, -0.2) is 0 Å². The molecule has 1 saturated heterocycles. The van der Waals surface area contributed by atoms with Crippen molar-refractivity contribution < 1.29 is 0 Å². The maximum absolute atomic E-state index is 2.51. The van der Waals surface area contributed by atoms with Crippen LogP contribution in [-0.2, 0) is 6.54 Å². The Hall–Kier alpha value is -0.900. The van der Waals surface area contributed by atoms with E-state index in [0.29, 0.717) is 6.04 Å². The molecule has 0 saturated carbocycles. The molecule has 0 aromatic heterocycles. The van der Waals surface area contributed by atoms with E-state index in [1.165, 1.54) is 31.6 Å². The molecule has 106 valence electrons. The van der Waals surface area contributed by atoms with Crippen LogP contribution < -0.4 is 0 Å². The standard InChI is InChI=1S/C16H27N3/c1-17(13-15-7-5-4-6-8-15)10-9-16-14-18(2)11-12-19(16)3/h4-8,16H,9-14H2,1-3H3/t16-/m0/s1. The Bertz CT molecular complexity index is 366. The molecule has 1 aromatic carbocycles. The lowest BCUT2D eigenvalue weighted by Crippen LogP contribution is -2.50. The number of hydrogen-bond donors (Lipinski definition) is 0. The van der Waals surface area contributed by atoms with Gasteiger partial charge in [-0.05, 0) is 39.7 Å². The highest BCUT2D eigenvalue weighted by Crippen LogP contribution is 2.11. The topological polar surface area (TPSA) is 9.72 Å². The molecular weight excluding hydrogens is 234 g/mol. The second-order valence-corrected chi connectivity index (χ2v) is 5.91. The maximum atomic E-state index is 2.51. The van der Waals surface area contributed by atoms with Gasteiger partial charge >= 0.3 is 0 Å². The van der Waals surface area contributed by atoms with Gasteiger partial charge in [0.25, 0.3) is 0 Å². The molecular formula is C16H27N3. The summed E-state index contributed by atoms with van der Waals surface area (Å²) in [4.78, 5) is 7.38. The molecule has 1 atom stereocenters. The summed E-state index contributed by atoms with van der Waals surface area (Å²) in [6.45, 7) is 5.82. The van der Waals surface area contributed by atoms with Crippen LogP contribution >= 0.6 is 0 Å². The first-order valence-electron chi connectivity index (χ1n) is 7.26. The van der Waals surface area contributed by atoms with Crippen molar-refractivity contribution in [2.75, 3.05) is 47.3 Å². The number of rotatable bonds is 5. The van der Waals surface area contributed by atoms with E-state index in [1.54, 1.807) is 0 Å². The molecule has 19 heavy (non-hydrogen) atoms. The average molecular weight is 261 g/mol. The zero-order valence-corrected chi connectivity index (χ0v) is 12.5. The summed E-state index contributed by atoms with van der Waals surface area (Å²) in [6.07, 6.45) is 1.25. The largest absolute Gasteiger partial charge is 0.304 e. The molecule has 1 heterocycles. The highest BCUT2D eigenvalue weighted by atomic mass is 15.3. The Labute approximate surface area is 117 Å². The number of benzene rings is 1. The fourth-order valence-corrected chi connectivity index (χ4v) is 2.76. The van der Waals surface area contributed by atoms with Gasteiger partial charge in [-0.1, -0.05) is 30.3 Å². The van der Waals surface area contributed by atoms with Crippen molar-refractivity contribution in [3.8, 4) is 0 Å². The van der Waals surface area contributed by atoms with E-state index in [-0.39, 0.29) is 0 Å². The fourth-order valence-electron chi connectivity index (χ4n) is 2.76. The summed E-state index contributed by atoms with van der Waals surface area (Å²) in [5.74, 6) is 0. The van der Waals surface area contributed by atoms with Gasteiger partial charge in [0.05, 0.1) is 0 Å². The van der Waals surface area contributed by atoms with Gasteiger partial charge in [0.2, 0.25) is 0 Å². The van der Waals surface area contributed by atoms with Crippen LogP contribution in [0.3, 0.4) is 0 Å². The van der Waals surface area contributed by atoms with Crippen molar-refractivity contribution in [3.63, 3.8) is 0 Å². The minimum absolute atomic E-state index is 0.706. The molecule has 1 fully saturated rings. The second-order valence-electron chi connectivity index (χ2n) is 5.91. The Balaban J connectivity index is 1.75. The predicted octanol–water partition coefficient (Wildman–Crippen LogP) is 1.75. The van der Waals surface area contributed by atoms with Crippen molar-refractivity contribution in [3.05, 3.63) is 35.9 Å². The normalized spacial score (nSPS) is 22.0. The van der Waals surface area contributed by atoms with Crippen LogP contribution in [0.5, 0.6) is 0 Å². The van der Waals surface area contributed by atoms with Crippen molar-refractivity contribution >= 4 is 0 Å². The monoisotopic (exact) mass is 261 g/mol. The number of likely N-dealkylation sites (N-methyl/N-ethyl adjacent to an activating group) is 2. The molecule has 2 rings (SSSR count). The first-order valence-corrected chi connectivity index (χ1v) is 7.26. The van der Waals surface area contributed by atoms with E-state index >= 15 is 0 Å². The third-order valence-electron chi connectivity index (χ3n) is 4.12. The van der Waals surface area contributed by atoms with E-state index < -0.39 is 0 Å². The van der Waals surface area contributed by atoms with E-state index in [1.807, 2.05) is 0 Å². The molecule has 0 radical (unpaired) electrons. The summed E-state index contributed by atoms with van der Waals surface area (Å²) in [5.41, 5.74) is 1.40. The van der Waals surface area contributed by atoms with Gasteiger partial charge < -0.3 is 14.7 Å². The molecule has 3 nitrogen and oxygen atoms in total. The smallest absolute Gasteiger partial charge is 0.0232 e. The number of nitrogens with zero attached hydrogens (tertiary/aromatic N) is 3.